The molecular formula is C13H18N5O+. The third-order valence-corrected chi connectivity index (χ3v) is 2.27. The molecule has 0 spiro atoms. The zero-order valence-electron chi connectivity index (χ0n) is 10.9. The lowest BCUT2D eigenvalue weighted by Crippen LogP contribution is -2.33. The van der Waals surface area contributed by atoms with Gasteiger partial charge in [-0.3, -0.25) is 11.5 Å². The molecular weight excluding hydrogens is 242 g/mol. The fourth-order valence-electron chi connectivity index (χ4n) is 1.36. The number of nitrogens with zero attached hydrogens (tertiary/aromatic N) is 3. The molecule has 0 aliphatic carbocycles. The summed E-state index contributed by atoms with van der Waals surface area (Å²) in [5.74, 6) is 0.878. The summed E-state index contributed by atoms with van der Waals surface area (Å²) in [5.41, 5.74) is 11.9. The minimum atomic E-state index is 0.0671. The van der Waals surface area contributed by atoms with Crippen molar-refractivity contribution in [3.8, 4) is 11.8 Å². The molecule has 0 aliphatic heterocycles. The highest BCUT2D eigenvalue weighted by atomic mass is 16.5. The molecule has 6 nitrogen and oxygen atoms in total. The molecule has 0 aliphatic rings. The van der Waals surface area contributed by atoms with E-state index in [4.69, 9.17) is 21.5 Å². The van der Waals surface area contributed by atoms with Crippen LogP contribution in [0.1, 0.15) is 18.9 Å². The van der Waals surface area contributed by atoms with Gasteiger partial charge in [-0.2, -0.15) is 5.26 Å². The molecule has 0 heterocycles. The van der Waals surface area contributed by atoms with Gasteiger partial charge in [0.1, 0.15) is 12.3 Å². The van der Waals surface area contributed by atoms with Gasteiger partial charge in [-0.1, -0.05) is 0 Å². The second-order valence-electron chi connectivity index (χ2n) is 3.70. The average Bonchev–Trinajstić information content (AvgIpc) is 2.40. The van der Waals surface area contributed by atoms with E-state index < -0.39 is 0 Å². The Kier molecular flexibility index (Phi) is 5.89. The van der Waals surface area contributed by atoms with E-state index in [1.165, 1.54) is 4.68 Å². The van der Waals surface area contributed by atoms with Crippen molar-refractivity contribution in [2.24, 2.45) is 16.6 Å². The second kappa shape index (κ2) is 7.71. The van der Waals surface area contributed by atoms with Crippen molar-refractivity contribution in [1.29, 1.82) is 5.26 Å². The lowest BCUT2D eigenvalue weighted by molar-refractivity contribution is -0.533. The van der Waals surface area contributed by atoms with E-state index in [1.54, 1.807) is 6.21 Å². The van der Waals surface area contributed by atoms with Crippen molar-refractivity contribution >= 4 is 12.2 Å². The maximum atomic E-state index is 8.53. The molecule has 19 heavy (non-hydrogen) atoms. The minimum Gasteiger partial charge on any atom is -0.494 e. The largest absolute Gasteiger partial charge is 0.494 e. The van der Waals surface area contributed by atoms with Crippen LogP contribution in [0.5, 0.6) is 5.75 Å². The van der Waals surface area contributed by atoms with E-state index in [9.17, 15) is 0 Å². The van der Waals surface area contributed by atoms with Crippen LogP contribution in [-0.4, -0.2) is 30.0 Å². The molecule has 0 atom stereocenters. The van der Waals surface area contributed by atoms with Crippen LogP contribution in [0.2, 0.25) is 0 Å². The fraction of sp³-hybridized carbons (Fsp3) is 0.308. The van der Waals surface area contributed by atoms with E-state index in [1.807, 2.05) is 37.3 Å². The monoisotopic (exact) mass is 260 g/mol. The fourth-order valence-corrected chi connectivity index (χ4v) is 1.36. The van der Waals surface area contributed by atoms with Crippen LogP contribution >= 0.6 is 0 Å². The van der Waals surface area contributed by atoms with Gasteiger partial charge >= 0.3 is 5.96 Å². The van der Waals surface area contributed by atoms with E-state index in [-0.39, 0.29) is 5.96 Å². The first-order valence-electron chi connectivity index (χ1n) is 5.96. The SMILES string of the molecule is CCOc1ccc(C=N[N+](CCC#N)=C(N)N)cc1. The summed E-state index contributed by atoms with van der Waals surface area (Å²) >= 11 is 0. The summed E-state index contributed by atoms with van der Waals surface area (Å²) in [5, 5.41) is 12.7. The lowest BCUT2D eigenvalue weighted by atomic mass is 10.2. The number of benzene rings is 1. The first-order chi connectivity index (χ1) is 9.17. The summed E-state index contributed by atoms with van der Waals surface area (Å²) in [7, 11) is 0. The van der Waals surface area contributed by atoms with Gasteiger partial charge in [0.05, 0.1) is 25.3 Å². The Morgan fingerprint density at radius 2 is 2.11 bits per heavy atom. The summed E-state index contributed by atoms with van der Waals surface area (Å²) in [6.45, 7) is 2.93. The minimum absolute atomic E-state index is 0.0671. The number of ether oxygens (including phenoxy) is 1. The number of rotatable bonds is 6. The van der Waals surface area contributed by atoms with Crippen LogP contribution in [0.15, 0.2) is 29.4 Å². The molecule has 0 radical (unpaired) electrons. The van der Waals surface area contributed by atoms with E-state index >= 15 is 0 Å². The van der Waals surface area contributed by atoms with Crippen LogP contribution in [0, 0.1) is 11.3 Å². The van der Waals surface area contributed by atoms with E-state index in [0.717, 1.165) is 11.3 Å². The normalized spacial score (nSPS) is 10.1. The Morgan fingerprint density at radius 3 is 2.63 bits per heavy atom. The van der Waals surface area contributed by atoms with Gasteiger partial charge in [-0.15, -0.1) is 9.79 Å². The van der Waals surface area contributed by atoms with Crippen LogP contribution in [0.3, 0.4) is 0 Å². The predicted octanol–water partition coefficient (Wildman–Crippen LogP) is 0.619. The molecule has 0 aromatic heterocycles. The van der Waals surface area contributed by atoms with Crippen LogP contribution in [0.25, 0.3) is 0 Å². The predicted molar refractivity (Wildman–Crippen MR) is 73.9 cm³/mol. The molecule has 0 saturated carbocycles. The summed E-state index contributed by atoms with van der Waals surface area (Å²) in [4.78, 5) is 0. The van der Waals surface area contributed by atoms with Crippen LogP contribution in [-0.2, 0) is 0 Å². The van der Waals surface area contributed by atoms with Crippen molar-refractivity contribution in [3.63, 3.8) is 0 Å². The Bertz CT molecular complexity index is 495. The Labute approximate surface area is 112 Å². The maximum absolute atomic E-state index is 8.53. The summed E-state index contributed by atoms with van der Waals surface area (Å²) in [6.07, 6.45) is 1.94. The molecule has 0 bridgehead atoms. The van der Waals surface area contributed by atoms with Gasteiger partial charge in [0, 0.05) is 0 Å². The Hall–Kier alpha value is -2.55. The lowest BCUT2D eigenvalue weighted by Gasteiger charge is -2.02. The first-order valence-corrected chi connectivity index (χ1v) is 5.96. The van der Waals surface area contributed by atoms with E-state index in [0.29, 0.717) is 19.6 Å². The first kappa shape index (κ1) is 14.5. The van der Waals surface area contributed by atoms with Gasteiger partial charge in [0.15, 0.2) is 0 Å². The average molecular weight is 260 g/mol. The van der Waals surface area contributed by atoms with Gasteiger partial charge < -0.3 is 4.74 Å². The molecule has 1 rings (SSSR count). The van der Waals surface area contributed by atoms with Gasteiger partial charge in [-0.05, 0) is 36.8 Å². The number of guanidine groups is 1. The quantitative estimate of drug-likeness (QED) is 0.339. The van der Waals surface area contributed by atoms with Crippen molar-refractivity contribution in [2.75, 3.05) is 13.2 Å². The highest BCUT2D eigenvalue weighted by molar-refractivity contribution is 5.79. The molecule has 4 N–H and O–H groups in total. The third kappa shape index (κ3) is 5.08. The smallest absolute Gasteiger partial charge is 0.365 e. The summed E-state index contributed by atoms with van der Waals surface area (Å²) < 4.78 is 6.73. The summed E-state index contributed by atoms with van der Waals surface area (Å²) in [6, 6.07) is 9.50. The highest BCUT2D eigenvalue weighted by Crippen LogP contribution is 2.10. The molecule has 0 amide bonds. The number of nitrogens with two attached hydrogens (primary N) is 2. The number of nitriles is 1. The van der Waals surface area contributed by atoms with Crippen molar-refractivity contribution < 1.29 is 9.42 Å². The number of hydrogen-bond donors (Lipinski definition) is 2. The standard InChI is InChI=1S/C13H17N5O/c1-2-19-12-6-4-11(5-7-12)10-17-18(13(15)16)9-3-8-14/h4-7,10H,2-3,9H2,1H3,(H3,15,16)/p+1. The molecule has 1 aromatic carbocycles. The van der Waals surface area contributed by atoms with Crippen molar-refractivity contribution in [1.82, 2.24) is 0 Å². The van der Waals surface area contributed by atoms with Crippen molar-refractivity contribution in [3.05, 3.63) is 29.8 Å². The van der Waals surface area contributed by atoms with Gasteiger partial charge in [0.25, 0.3) is 0 Å². The van der Waals surface area contributed by atoms with Crippen molar-refractivity contribution in [2.45, 2.75) is 13.3 Å². The second-order valence-corrected chi connectivity index (χ2v) is 3.70. The molecule has 1 aromatic rings. The maximum Gasteiger partial charge on any atom is 0.365 e. The van der Waals surface area contributed by atoms with Crippen LogP contribution < -0.4 is 16.2 Å². The molecule has 0 unspecified atom stereocenters. The van der Waals surface area contributed by atoms with Crippen LogP contribution in [0.4, 0.5) is 0 Å². The topological polar surface area (TPSA) is 100 Å². The molecule has 0 fully saturated rings. The Morgan fingerprint density at radius 1 is 1.42 bits per heavy atom. The number of hydrogen-bond acceptors (Lipinski definition) is 3. The molecule has 100 valence electrons. The Balaban J connectivity index is 2.74. The molecule has 6 heteroatoms. The van der Waals surface area contributed by atoms with E-state index in [2.05, 4.69) is 5.10 Å². The third-order valence-electron chi connectivity index (χ3n) is 2.27. The van der Waals surface area contributed by atoms with Gasteiger partial charge in [0.2, 0.25) is 0 Å². The zero-order valence-corrected chi connectivity index (χ0v) is 10.9. The zero-order chi connectivity index (χ0) is 14.1. The highest BCUT2D eigenvalue weighted by Gasteiger charge is 2.01. The van der Waals surface area contributed by atoms with Gasteiger partial charge in [-0.25, -0.2) is 0 Å². The molecule has 0 saturated heterocycles. The number of hydrazone groups is 1.